The summed E-state index contributed by atoms with van der Waals surface area (Å²) >= 11 is 6.15. The van der Waals surface area contributed by atoms with E-state index in [4.69, 9.17) is 26.3 Å². The average molecular weight is 551 g/mol. The molecule has 4 rings (SSSR count). The number of H-pyrrole nitrogens is 1. The van der Waals surface area contributed by atoms with Gasteiger partial charge in [-0.15, -0.1) is 0 Å². The molecule has 0 unspecified atom stereocenters. The fraction of sp³-hybridized carbons (Fsp3) is 0.433. The molecule has 0 bridgehead atoms. The second-order valence-corrected chi connectivity index (χ2v) is 11.7. The quantitative estimate of drug-likeness (QED) is 0.246. The van der Waals surface area contributed by atoms with Gasteiger partial charge in [-0.05, 0) is 75.1 Å². The number of fused-ring (bicyclic) bond motifs is 1. The number of nitrogens with zero attached hydrogens (tertiary/aromatic N) is 5. The molecule has 9 heteroatoms. The Morgan fingerprint density at radius 2 is 1.69 bits per heavy atom. The third kappa shape index (κ3) is 7.40. The van der Waals surface area contributed by atoms with E-state index in [2.05, 4.69) is 74.0 Å². The first kappa shape index (κ1) is 28.6. The lowest BCUT2D eigenvalue weighted by atomic mass is 9.87. The van der Waals surface area contributed by atoms with Gasteiger partial charge in [0.15, 0.2) is 11.5 Å². The van der Waals surface area contributed by atoms with Crippen LogP contribution in [0.25, 0.3) is 17.0 Å². The molecule has 4 aromatic rings. The van der Waals surface area contributed by atoms with Gasteiger partial charge in [0.05, 0.1) is 6.61 Å². The Morgan fingerprint density at radius 3 is 2.36 bits per heavy atom. The number of aromatic nitrogens is 4. The van der Waals surface area contributed by atoms with Crippen LogP contribution in [0.4, 0.5) is 5.95 Å². The van der Waals surface area contributed by atoms with E-state index < -0.39 is 0 Å². The van der Waals surface area contributed by atoms with Gasteiger partial charge >= 0.3 is 0 Å². The Hall–Kier alpha value is -3.36. The molecule has 0 aliphatic heterocycles. The topological polar surface area (TPSA) is 78.8 Å². The Balaban J connectivity index is 1.61. The van der Waals surface area contributed by atoms with Crippen LogP contribution in [0.3, 0.4) is 0 Å². The summed E-state index contributed by atoms with van der Waals surface area (Å²) in [4.78, 5) is 26.4. The summed E-state index contributed by atoms with van der Waals surface area (Å²) < 4.78 is 7.69. The van der Waals surface area contributed by atoms with Crippen LogP contribution in [-0.4, -0.2) is 64.8 Å². The van der Waals surface area contributed by atoms with Crippen molar-refractivity contribution in [3.05, 3.63) is 75.0 Å². The lowest BCUT2D eigenvalue weighted by Gasteiger charge is -2.25. The van der Waals surface area contributed by atoms with Gasteiger partial charge in [-0.3, -0.25) is 9.89 Å². The minimum Gasteiger partial charge on any atom is -0.494 e. The molecule has 0 fully saturated rings. The second kappa shape index (κ2) is 12.2. The molecule has 2 heterocycles. The van der Waals surface area contributed by atoms with E-state index in [0.29, 0.717) is 30.6 Å². The highest BCUT2D eigenvalue weighted by atomic mass is 35.5. The van der Waals surface area contributed by atoms with E-state index in [1.54, 1.807) is 4.52 Å². The maximum absolute atomic E-state index is 12.3. The molecule has 0 radical (unpaired) electrons. The number of nitrogens with one attached hydrogen (secondary N) is 1. The zero-order valence-electron chi connectivity index (χ0n) is 23.8. The van der Waals surface area contributed by atoms with Crippen LogP contribution < -0.4 is 15.2 Å². The number of aryl methyl sites for hydroxylation is 1. The Bertz CT molecular complexity index is 1450. The van der Waals surface area contributed by atoms with E-state index >= 15 is 0 Å². The van der Waals surface area contributed by atoms with Gasteiger partial charge in [0, 0.05) is 29.7 Å². The number of halogens is 1. The molecule has 0 amide bonds. The summed E-state index contributed by atoms with van der Waals surface area (Å²) in [6.45, 7) is 11.5. The number of hydrogen-bond acceptors (Lipinski definition) is 6. The number of ether oxygens (including phenoxy) is 1. The van der Waals surface area contributed by atoms with E-state index in [-0.39, 0.29) is 11.0 Å². The van der Waals surface area contributed by atoms with Crippen molar-refractivity contribution in [3.8, 4) is 17.1 Å². The maximum Gasteiger partial charge on any atom is 0.266 e. The van der Waals surface area contributed by atoms with Gasteiger partial charge < -0.3 is 14.5 Å². The Kier molecular flexibility index (Phi) is 8.97. The molecule has 0 saturated carbocycles. The average Bonchev–Trinajstić information content (AvgIpc) is 3.26. The molecule has 39 heavy (non-hydrogen) atoms. The third-order valence-electron chi connectivity index (χ3n) is 6.63. The van der Waals surface area contributed by atoms with Crippen LogP contribution in [0, 0.1) is 6.92 Å². The van der Waals surface area contributed by atoms with Crippen molar-refractivity contribution in [1.29, 1.82) is 0 Å². The first-order valence-corrected chi connectivity index (χ1v) is 13.8. The molecule has 2 aromatic carbocycles. The Labute approximate surface area is 235 Å². The maximum atomic E-state index is 12.3. The Morgan fingerprint density at radius 1 is 0.974 bits per heavy atom. The van der Waals surface area contributed by atoms with Crippen LogP contribution in [-0.2, 0) is 5.41 Å². The van der Waals surface area contributed by atoms with E-state index in [1.807, 2.05) is 25.1 Å². The normalized spacial score (nSPS) is 11.9. The zero-order chi connectivity index (χ0) is 28.2. The van der Waals surface area contributed by atoms with Crippen LogP contribution in [0.5, 0.6) is 5.75 Å². The lowest BCUT2D eigenvalue weighted by Crippen LogP contribution is -2.32. The summed E-state index contributed by atoms with van der Waals surface area (Å²) in [5, 5.41) is 3.61. The zero-order valence-corrected chi connectivity index (χ0v) is 24.5. The highest BCUT2D eigenvalue weighted by Gasteiger charge is 2.18. The monoisotopic (exact) mass is 550 g/mol. The first-order valence-electron chi connectivity index (χ1n) is 13.4. The molecular formula is C30H39ClN6O2. The summed E-state index contributed by atoms with van der Waals surface area (Å²) in [6, 6.07) is 15.6. The van der Waals surface area contributed by atoms with Gasteiger partial charge in [-0.2, -0.15) is 4.98 Å². The van der Waals surface area contributed by atoms with Gasteiger partial charge in [0.25, 0.3) is 5.56 Å². The number of anilines is 1. The molecule has 2 aromatic heterocycles. The SMILES string of the molecule is Cc1cc(OCCCN(CCCN(C)C)c2nc(-c3ccc(C(C)(C)C)cc3)nc3cc(=O)[nH]n23)ccc1Cl. The highest BCUT2D eigenvalue weighted by Crippen LogP contribution is 2.26. The molecule has 1 N–H and O–H groups in total. The minimum atomic E-state index is -0.208. The summed E-state index contributed by atoms with van der Waals surface area (Å²) in [6.07, 6.45) is 1.72. The molecule has 0 aliphatic carbocycles. The van der Waals surface area contributed by atoms with Crippen LogP contribution in [0.15, 0.2) is 53.3 Å². The van der Waals surface area contributed by atoms with Gasteiger partial charge in [-0.1, -0.05) is 56.6 Å². The summed E-state index contributed by atoms with van der Waals surface area (Å²) in [7, 11) is 4.13. The fourth-order valence-electron chi connectivity index (χ4n) is 4.40. The van der Waals surface area contributed by atoms with Gasteiger partial charge in [0.1, 0.15) is 5.75 Å². The third-order valence-corrected chi connectivity index (χ3v) is 7.06. The van der Waals surface area contributed by atoms with Gasteiger partial charge in [0.2, 0.25) is 5.95 Å². The first-order chi connectivity index (χ1) is 18.5. The molecule has 0 atom stereocenters. The van der Waals surface area contributed by atoms with Crippen LogP contribution in [0.2, 0.25) is 5.02 Å². The van der Waals surface area contributed by atoms with Crippen molar-refractivity contribution in [1.82, 2.24) is 24.5 Å². The molecular weight excluding hydrogens is 512 g/mol. The summed E-state index contributed by atoms with van der Waals surface area (Å²) in [5.74, 6) is 2.06. The van der Waals surface area contributed by atoms with E-state index in [0.717, 1.165) is 47.8 Å². The van der Waals surface area contributed by atoms with Crippen molar-refractivity contribution in [3.63, 3.8) is 0 Å². The summed E-state index contributed by atoms with van der Waals surface area (Å²) in [5.41, 5.74) is 3.54. The van der Waals surface area contributed by atoms with Crippen molar-refractivity contribution >= 4 is 23.2 Å². The number of hydrogen-bond donors (Lipinski definition) is 1. The molecule has 0 saturated heterocycles. The van der Waals surface area contributed by atoms with E-state index in [1.165, 1.54) is 11.6 Å². The smallest absolute Gasteiger partial charge is 0.266 e. The molecule has 8 nitrogen and oxygen atoms in total. The lowest BCUT2D eigenvalue weighted by molar-refractivity contribution is 0.310. The molecule has 0 spiro atoms. The highest BCUT2D eigenvalue weighted by molar-refractivity contribution is 6.31. The molecule has 208 valence electrons. The van der Waals surface area contributed by atoms with Crippen molar-refractivity contribution < 1.29 is 4.74 Å². The van der Waals surface area contributed by atoms with Crippen LogP contribution >= 0.6 is 11.6 Å². The standard InChI is InChI=1S/C30H39ClN6O2/c1-21-19-24(13-14-25(21)31)39-18-8-17-36(16-7-15-35(5)6)29-33-28(32-26-20-27(38)34-37(26)29)22-9-11-23(12-10-22)30(2,3)4/h9-14,19-20H,7-8,15-18H2,1-6H3,(H,34,38). The molecule has 0 aliphatic rings. The van der Waals surface area contributed by atoms with Crippen molar-refractivity contribution in [2.45, 2.75) is 46.0 Å². The van der Waals surface area contributed by atoms with Crippen molar-refractivity contribution in [2.75, 3.05) is 45.2 Å². The predicted molar refractivity (Wildman–Crippen MR) is 159 cm³/mol. The number of rotatable bonds is 11. The van der Waals surface area contributed by atoms with E-state index in [9.17, 15) is 4.79 Å². The van der Waals surface area contributed by atoms with Gasteiger partial charge in [-0.25, -0.2) is 9.50 Å². The fourth-order valence-corrected chi connectivity index (χ4v) is 4.51. The number of aromatic amines is 1. The minimum absolute atomic E-state index is 0.0540. The largest absolute Gasteiger partial charge is 0.494 e. The predicted octanol–water partition coefficient (Wildman–Crippen LogP) is 5.57. The second-order valence-electron chi connectivity index (χ2n) is 11.2. The number of benzene rings is 2. The van der Waals surface area contributed by atoms with Crippen molar-refractivity contribution in [2.24, 2.45) is 0 Å². The van der Waals surface area contributed by atoms with Crippen LogP contribution in [0.1, 0.15) is 44.7 Å².